The molecule has 0 fully saturated rings. The molecule has 6 nitrogen and oxygen atoms in total. The molecule has 0 bridgehead atoms. The molecule has 1 N–H and O–H groups in total. The van der Waals surface area contributed by atoms with Gasteiger partial charge in [0, 0.05) is 10.4 Å². The van der Waals surface area contributed by atoms with Crippen LogP contribution in [0.2, 0.25) is 5.02 Å². The van der Waals surface area contributed by atoms with E-state index in [2.05, 4.69) is 5.32 Å². The third-order valence-corrected chi connectivity index (χ3v) is 5.26. The Morgan fingerprint density at radius 2 is 1.89 bits per heavy atom. The quantitative estimate of drug-likeness (QED) is 0.605. The molecule has 2 aromatic rings. The van der Waals surface area contributed by atoms with Crippen molar-refractivity contribution in [3.63, 3.8) is 0 Å². The standard InChI is InChI=1S/C19H17ClN2O4S/c1-19(2,3)17(25)21-18(26)22-12-7-6-10(20)9-11(12)14(16(22)24)15(23)13-5-4-8-27-13/h4-9,14H,1-3H3,(H,21,25,26). The molecular weight excluding hydrogens is 388 g/mol. The zero-order valence-electron chi connectivity index (χ0n) is 14.9. The van der Waals surface area contributed by atoms with Gasteiger partial charge in [-0.2, -0.15) is 0 Å². The van der Waals surface area contributed by atoms with Gasteiger partial charge < -0.3 is 0 Å². The number of benzene rings is 1. The van der Waals surface area contributed by atoms with E-state index in [0.29, 0.717) is 15.5 Å². The van der Waals surface area contributed by atoms with Crippen LogP contribution in [0.5, 0.6) is 0 Å². The number of Topliss-reactive ketones (excluding diaryl/α,β-unsaturated/α-hetero) is 1. The van der Waals surface area contributed by atoms with E-state index < -0.39 is 35.0 Å². The first-order valence-corrected chi connectivity index (χ1v) is 9.43. The lowest BCUT2D eigenvalue weighted by Gasteiger charge is -2.21. The van der Waals surface area contributed by atoms with Gasteiger partial charge in [-0.25, -0.2) is 9.69 Å². The molecule has 4 amide bonds. The van der Waals surface area contributed by atoms with Gasteiger partial charge in [-0.1, -0.05) is 38.4 Å². The molecule has 2 heterocycles. The number of imide groups is 2. The van der Waals surface area contributed by atoms with E-state index in [1.54, 1.807) is 38.3 Å². The Kier molecular flexibility index (Phi) is 4.92. The average molecular weight is 405 g/mol. The summed E-state index contributed by atoms with van der Waals surface area (Å²) in [6, 6.07) is 6.98. The molecule has 1 unspecified atom stereocenters. The van der Waals surface area contributed by atoms with Crippen LogP contribution in [-0.2, 0) is 9.59 Å². The van der Waals surface area contributed by atoms with Crippen molar-refractivity contribution in [1.82, 2.24) is 5.32 Å². The van der Waals surface area contributed by atoms with Crippen molar-refractivity contribution >= 4 is 52.3 Å². The van der Waals surface area contributed by atoms with Crippen molar-refractivity contribution in [3.05, 3.63) is 51.2 Å². The van der Waals surface area contributed by atoms with Crippen molar-refractivity contribution < 1.29 is 19.2 Å². The zero-order chi connectivity index (χ0) is 19.9. The van der Waals surface area contributed by atoms with Gasteiger partial charge >= 0.3 is 6.03 Å². The molecule has 27 heavy (non-hydrogen) atoms. The number of nitrogens with zero attached hydrogens (tertiary/aromatic N) is 1. The van der Waals surface area contributed by atoms with Crippen molar-refractivity contribution in [1.29, 1.82) is 0 Å². The van der Waals surface area contributed by atoms with Crippen LogP contribution in [0.15, 0.2) is 35.7 Å². The second-order valence-corrected chi connectivity index (χ2v) is 8.54. The lowest BCUT2D eigenvalue weighted by Crippen LogP contribution is -2.48. The van der Waals surface area contributed by atoms with Crippen LogP contribution in [0.4, 0.5) is 10.5 Å². The first kappa shape index (κ1) is 19.3. The van der Waals surface area contributed by atoms with Crippen molar-refractivity contribution in [2.75, 3.05) is 4.90 Å². The van der Waals surface area contributed by atoms with E-state index in [-0.39, 0.29) is 5.69 Å². The maximum absolute atomic E-state index is 13.0. The highest BCUT2D eigenvalue weighted by atomic mass is 35.5. The molecule has 0 saturated carbocycles. The summed E-state index contributed by atoms with van der Waals surface area (Å²) in [7, 11) is 0. The van der Waals surface area contributed by atoms with E-state index in [9.17, 15) is 19.2 Å². The molecule has 0 radical (unpaired) electrons. The minimum Gasteiger partial charge on any atom is -0.292 e. The normalized spacial score (nSPS) is 16.2. The minimum atomic E-state index is -1.17. The first-order valence-electron chi connectivity index (χ1n) is 8.18. The second kappa shape index (κ2) is 6.90. The van der Waals surface area contributed by atoms with Crippen LogP contribution in [0.25, 0.3) is 0 Å². The van der Waals surface area contributed by atoms with Gasteiger partial charge in [-0.15, -0.1) is 11.3 Å². The predicted molar refractivity (Wildman–Crippen MR) is 103 cm³/mol. The summed E-state index contributed by atoms with van der Waals surface area (Å²) >= 11 is 7.26. The topological polar surface area (TPSA) is 83.6 Å². The van der Waals surface area contributed by atoms with Crippen LogP contribution >= 0.6 is 22.9 Å². The summed E-state index contributed by atoms with van der Waals surface area (Å²) < 4.78 is 0. The number of nitrogens with one attached hydrogen (secondary N) is 1. The fraction of sp³-hybridized carbons (Fsp3) is 0.263. The Hall–Kier alpha value is -2.51. The summed E-state index contributed by atoms with van der Waals surface area (Å²) in [5.74, 6) is -2.81. The van der Waals surface area contributed by atoms with Gasteiger partial charge in [0.1, 0.15) is 5.92 Å². The van der Waals surface area contributed by atoms with Gasteiger partial charge in [-0.05, 0) is 35.2 Å². The Morgan fingerprint density at radius 3 is 2.48 bits per heavy atom. The highest BCUT2D eigenvalue weighted by Gasteiger charge is 2.46. The third-order valence-electron chi connectivity index (χ3n) is 4.14. The number of ketones is 1. The minimum absolute atomic E-state index is 0.249. The summed E-state index contributed by atoms with van der Waals surface area (Å²) in [6.45, 7) is 4.95. The molecule has 1 aromatic carbocycles. The van der Waals surface area contributed by atoms with E-state index in [0.717, 1.165) is 4.90 Å². The number of anilines is 1. The number of thiophene rings is 1. The number of hydrogen-bond donors (Lipinski definition) is 1. The third kappa shape index (κ3) is 3.52. The number of urea groups is 1. The molecule has 1 aromatic heterocycles. The maximum atomic E-state index is 13.0. The number of fused-ring (bicyclic) bond motifs is 1. The van der Waals surface area contributed by atoms with E-state index in [1.807, 2.05) is 0 Å². The monoisotopic (exact) mass is 404 g/mol. The number of carbonyl (C=O) groups is 4. The van der Waals surface area contributed by atoms with E-state index in [4.69, 9.17) is 11.6 Å². The predicted octanol–water partition coefficient (Wildman–Crippen LogP) is 4.00. The fourth-order valence-corrected chi connectivity index (χ4v) is 3.58. The average Bonchev–Trinajstić information content (AvgIpc) is 3.19. The number of rotatable bonds is 2. The lowest BCUT2D eigenvalue weighted by atomic mass is 9.95. The van der Waals surface area contributed by atoms with Gasteiger partial charge in [0.2, 0.25) is 5.91 Å². The van der Waals surface area contributed by atoms with Gasteiger partial charge in [0.25, 0.3) is 5.91 Å². The van der Waals surface area contributed by atoms with Crippen LogP contribution < -0.4 is 10.2 Å². The molecule has 140 valence electrons. The van der Waals surface area contributed by atoms with Gasteiger partial charge in [0.05, 0.1) is 10.6 Å². The van der Waals surface area contributed by atoms with E-state index in [1.165, 1.54) is 29.5 Å². The Balaban J connectivity index is 2.00. The lowest BCUT2D eigenvalue weighted by molar-refractivity contribution is -0.127. The van der Waals surface area contributed by atoms with Crippen LogP contribution in [0, 0.1) is 5.41 Å². The Morgan fingerprint density at radius 1 is 1.19 bits per heavy atom. The maximum Gasteiger partial charge on any atom is 0.335 e. The largest absolute Gasteiger partial charge is 0.335 e. The van der Waals surface area contributed by atoms with Crippen molar-refractivity contribution in [3.8, 4) is 0 Å². The number of halogens is 1. The zero-order valence-corrected chi connectivity index (χ0v) is 16.5. The van der Waals surface area contributed by atoms with Crippen molar-refractivity contribution in [2.24, 2.45) is 5.41 Å². The molecule has 1 atom stereocenters. The SMILES string of the molecule is CC(C)(C)C(=O)NC(=O)N1C(=O)C(C(=O)c2cccs2)c2cc(Cl)ccc21. The number of hydrogen-bond acceptors (Lipinski definition) is 5. The summed E-state index contributed by atoms with van der Waals surface area (Å²) in [6.07, 6.45) is 0. The molecule has 1 aliphatic heterocycles. The molecule has 0 aliphatic carbocycles. The Labute approximate surface area is 165 Å². The summed E-state index contributed by atoms with van der Waals surface area (Å²) in [5, 5.41) is 4.31. The smallest absolute Gasteiger partial charge is 0.292 e. The summed E-state index contributed by atoms with van der Waals surface area (Å²) in [4.78, 5) is 51.9. The van der Waals surface area contributed by atoms with Crippen LogP contribution in [0.1, 0.15) is 41.9 Å². The summed E-state index contributed by atoms with van der Waals surface area (Å²) in [5.41, 5.74) is -0.212. The first-order chi connectivity index (χ1) is 12.6. The highest BCUT2D eigenvalue weighted by Crippen LogP contribution is 2.41. The van der Waals surface area contributed by atoms with Crippen LogP contribution in [-0.4, -0.2) is 23.6 Å². The molecule has 8 heteroatoms. The van der Waals surface area contributed by atoms with Gasteiger partial charge in [-0.3, -0.25) is 19.7 Å². The molecule has 1 aliphatic rings. The highest BCUT2D eigenvalue weighted by molar-refractivity contribution is 7.12. The van der Waals surface area contributed by atoms with Gasteiger partial charge in [0.15, 0.2) is 5.78 Å². The van der Waals surface area contributed by atoms with Crippen LogP contribution in [0.3, 0.4) is 0 Å². The fourth-order valence-electron chi connectivity index (χ4n) is 2.71. The number of carbonyl (C=O) groups excluding carboxylic acids is 4. The Bertz CT molecular complexity index is 947. The molecular formula is C19H17ClN2O4S. The van der Waals surface area contributed by atoms with E-state index >= 15 is 0 Å². The second-order valence-electron chi connectivity index (χ2n) is 7.16. The molecule has 3 rings (SSSR count). The molecule has 0 spiro atoms. The molecule has 0 saturated heterocycles. The number of amides is 4. The van der Waals surface area contributed by atoms with Crippen molar-refractivity contribution in [2.45, 2.75) is 26.7 Å².